The highest BCUT2D eigenvalue weighted by atomic mass is 35.5. The molecule has 6 heteroatoms. The molecule has 2 N–H and O–H groups in total. The van der Waals surface area contributed by atoms with Crippen molar-refractivity contribution in [3.05, 3.63) is 40.7 Å². The molecule has 5 nitrogen and oxygen atoms in total. The summed E-state index contributed by atoms with van der Waals surface area (Å²) in [5.41, 5.74) is 3.23. The van der Waals surface area contributed by atoms with Crippen LogP contribution in [0.15, 0.2) is 24.4 Å². The lowest BCUT2D eigenvalue weighted by Gasteiger charge is -2.05. The molecule has 0 spiro atoms. The Morgan fingerprint density at radius 1 is 1.45 bits per heavy atom. The van der Waals surface area contributed by atoms with E-state index in [0.29, 0.717) is 10.7 Å². The molecule has 20 heavy (non-hydrogen) atoms. The van der Waals surface area contributed by atoms with Crippen molar-refractivity contribution in [1.29, 1.82) is 0 Å². The predicted octanol–water partition coefficient (Wildman–Crippen LogP) is 3.23. The summed E-state index contributed by atoms with van der Waals surface area (Å²) in [5, 5.41) is 14.8. The summed E-state index contributed by atoms with van der Waals surface area (Å²) >= 11 is 6.28. The van der Waals surface area contributed by atoms with Gasteiger partial charge in [-0.3, -0.25) is 4.68 Å². The van der Waals surface area contributed by atoms with Crippen molar-refractivity contribution < 1.29 is 9.90 Å². The molecule has 0 saturated heterocycles. The Labute approximate surface area is 119 Å². The van der Waals surface area contributed by atoms with Crippen LogP contribution in [0, 0.1) is 6.92 Å². The average molecular weight is 290 g/mol. The lowest BCUT2D eigenvalue weighted by atomic mass is 10.0. The Kier molecular flexibility index (Phi) is 2.79. The zero-order valence-corrected chi connectivity index (χ0v) is 11.7. The van der Waals surface area contributed by atoms with Gasteiger partial charge in [0.2, 0.25) is 0 Å². The van der Waals surface area contributed by atoms with Gasteiger partial charge in [0.25, 0.3) is 0 Å². The van der Waals surface area contributed by atoms with Crippen LogP contribution in [0.25, 0.3) is 22.2 Å². The second kappa shape index (κ2) is 4.38. The molecule has 0 saturated carbocycles. The molecule has 3 rings (SSSR count). The van der Waals surface area contributed by atoms with E-state index in [1.807, 2.05) is 19.1 Å². The van der Waals surface area contributed by atoms with Gasteiger partial charge in [0.1, 0.15) is 5.56 Å². The number of aryl methyl sites for hydroxylation is 2. The van der Waals surface area contributed by atoms with Gasteiger partial charge in [-0.1, -0.05) is 17.7 Å². The van der Waals surface area contributed by atoms with Gasteiger partial charge in [-0.05, 0) is 19.1 Å². The van der Waals surface area contributed by atoms with Crippen LogP contribution >= 0.6 is 11.6 Å². The fraction of sp³-hybridized carbons (Fsp3) is 0.143. The SMILES string of the molecule is Cc1[nH]c2cccc(Cl)c2c1-c1c(C(=O)O)cnn1C. The topological polar surface area (TPSA) is 70.9 Å². The van der Waals surface area contributed by atoms with Crippen LogP contribution in [0.5, 0.6) is 0 Å². The highest BCUT2D eigenvalue weighted by molar-refractivity contribution is 6.36. The number of carbonyl (C=O) groups is 1. The van der Waals surface area contributed by atoms with Crippen LogP contribution in [-0.4, -0.2) is 25.8 Å². The molecular weight excluding hydrogens is 278 g/mol. The first-order chi connectivity index (χ1) is 9.50. The lowest BCUT2D eigenvalue weighted by molar-refractivity contribution is 0.0697. The minimum atomic E-state index is -1.01. The molecule has 2 heterocycles. The van der Waals surface area contributed by atoms with Crippen molar-refractivity contribution >= 4 is 28.5 Å². The van der Waals surface area contributed by atoms with E-state index in [9.17, 15) is 9.90 Å². The summed E-state index contributed by atoms with van der Waals surface area (Å²) in [6, 6.07) is 5.55. The molecular formula is C14H12ClN3O2. The highest BCUT2D eigenvalue weighted by Crippen LogP contribution is 2.37. The number of hydrogen-bond donors (Lipinski definition) is 2. The summed E-state index contributed by atoms with van der Waals surface area (Å²) in [4.78, 5) is 14.6. The number of carboxylic acids is 1. The smallest absolute Gasteiger partial charge is 0.339 e. The van der Waals surface area contributed by atoms with Crippen LogP contribution in [-0.2, 0) is 7.05 Å². The Hall–Kier alpha value is -2.27. The first-order valence-corrected chi connectivity index (χ1v) is 6.41. The molecule has 2 aromatic heterocycles. The molecule has 1 aromatic carbocycles. The molecule has 102 valence electrons. The first-order valence-electron chi connectivity index (χ1n) is 6.03. The number of aromatic nitrogens is 3. The van der Waals surface area contributed by atoms with E-state index in [-0.39, 0.29) is 5.56 Å². The van der Waals surface area contributed by atoms with Gasteiger partial charge < -0.3 is 10.1 Å². The lowest BCUT2D eigenvalue weighted by Crippen LogP contribution is -2.01. The van der Waals surface area contributed by atoms with E-state index >= 15 is 0 Å². The molecule has 0 fully saturated rings. The second-order valence-electron chi connectivity index (χ2n) is 4.62. The van der Waals surface area contributed by atoms with E-state index in [1.54, 1.807) is 17.8 Å². The number of rotatable bonds is 2. The Bertz CT molecular complexity index is 832. The Morgan fingerprint density at radius 2 is 2.20 bits per heavy atom. The first kappa shape index (κ1) is 12.7. The fourth-order valence-electron chi connectivity index (χ4n) is 2.52. The number of benzene rings is 1. The number of H-pyrrole nitrogens is 1. The van der Waals surface area contributed by atoms with Crippen molar-refractivity contribution in [3.8, 4) is 11.3 Å². The van der Waals surface area contributed by atoms with Gasteiger partial charge in [-0.25, -0.2) is 4.79 Å². The van der Waals surface area contributed by atoms with Crippen LogP contribution in [0.1, 0.15) is 16.1 Å². The molecule has 0 unspecified atom stereocenters. The third-order valence-corrected chi connectivity index (χ3v) is 3.68. The van der Waals surface area contributed by atoms with Gasteiger partial charge in [-0.15, -0.1) is 0 Å². The molecule has 0 atom stereocenters. The van der Waals surface area contributed by atoms with Gasteiger partial charge >= 0.3 is 5.97 Å². The summed E-state index contributed by atoms with van der Waals surface area (Å²) < 4.78 is 1.56. The molecule has 0 radical (unpaired) electrons. The van der Waals surface area contributed by atoms with E-state index < -0.39 is 5.97 Å². The summed E-state index contributed by atoms with van der Waals surface area (Å²) in [7, 11) is 1.72. The van der Waals surface area contributed by atoms with Crippen molar-refractivity contribution in [2.45, 2.75) is 6.92 Å². The average Bonchev–Trinajstić information content (AvgIpc) is 2.90. The maximum Gasteiger partial charge on any atom is 0.339 e. The third kappa shape index (κ3) is 1.71. The quantitative estimate of drug-likeness (QED) is 0.761. The van der Waals surface area contributed by atoms with Gasteiger partial charge in [0, 0.05) is 29.2 Å². The zero-order chi connectivity index (χ0) is 14.4. The standard InChI is InChI=1S/C14H12ClN3O2/c1-7-11(12-9(15)4-3-5-10(12)17-7)13-8(14(19)20)6-16-18(13)2/h3-6,17H,1-2H3,(H,19,20). The van der Waals surface area contributed by atoms with Crippen molar-refractivity contribution in [2.24, 2.45) is 7.05 Å². The minimum absolute atomic E-state index is 0.163. The predicted molar refractivity (Wildman–Crippen MR) is 77.2 cm³/mol. The summed E-state index contributed by atoms with van der Waals surface area (Å²) in [6.45, 7) is 1.89. The molecule has 3 aromatic rings. The molecule has 0 bridgehead atoms. The number of aromatic amines is 1. The van der Waals surface area contributed by atoms with Crippen LogP contribution in [0.3, 0.4) is 0 Å². The van der Waals surface area contributed by atoms with Crippen molar-refractivity contribution in [2.75, 3.05) is 0 Å². The van der Waals surface area contributed by atoms with Crippen LogP contribution in [0.2, 0.25) is 5.02 Å². The number of nitrogens with zero attached hydrogens (tertiary/aromatic N) is 2. The molecule has 0 aliphatic heterocycles. The maximum atomic E-state index is 11.4. The van der Waals surface area contributed by atoms with Gasteiger partial charge in [0.05, 0.1) is 16.9 Å². The number of hydrogen-bond acceptors (Lipinski definition) is 2. The van der Waals surface area contributed by atoms with Crippen molar-refractivity contribution in [3.63, 3.8) is 0 Å². The Morgan fingerprint density at radius 3 is 2.90 bits per heavy atom. The summed E-state index contributed by atoms with van der Waals surface area (Å²) in [5.74, 6) is -1.01. The van der Waals surface area contributed by atoms with Crippen molar-refractivity contribution in [1.82, 2.24) is 14.8 Å². The van der Waals surface area contributed by atoms with Gasteiger partial charge in [-0.2, -0.15) is 5.10 Å². The zero-order valence-electron chi connectivity index (χ0n) is 10.9. The number of carboxylic acid groups (broad SMARTS) is 1. The van der Waals surface area contributed by atoms with Crippen LogP contribution < -0.4 is 0 Å². The van der Waals surface area contributed by atoms with E-state index in [1.165, 1.54) is 6.20 Å². The molecule has 0 aliphatic carbocycles. The van der Waals surface area contributed by atoms with Gasteiger partial charge in [0.15, 0.2) is 0 Å². The third-order valence-electron chi connectivity index (χ3n) is 3.37. The van der Waals surface area contributed by atoms with E-state index in [2.05, 4.69) is 10.1 Å². The number of fused-ring (bicyclic) bond motifs is 1. The van der Waals surface area contributed by atoms with Crippen LogP contribution in [0.4, 0.5) is 0 Å². The fourth-order valence-corrected chi connectivity index (χ4v) is 2.79. The van der Waals surface area contributed by atoms with E-state index in [4.69, 9.17) is 11.6 Å². The normalized spacial score (nSPS) is 11.2. The number of aromatic carboxylic acids is 1. The highest BCUT2D eigenvalue weighted by Gasteiger charge is 2.22. The maximum absolute atomic E-state index is 11.4. The monoisotopic (exact) mass is 289 g/mol. The second-order valence-corrected chi connectivity index (χ2v) is 5.03. The number of nitrogens with one attached hydrogen (secondary N) is 1. The molecule has 0 aliphatic rings. The summed E-state index contributed by atoms with van der Waals surface area (Å²) in [6.07, 6.45) is 1.35. The minimum Gasteiger partial charge on any atom is -0.478 e. The number of halogens is 1. The molecule has 0 amide bonds. The largest absolute Gasteiger partial charge is 0.478 e. The van der Waals surface area contributed by atoms with E-state index in [0.717, 1.165) is 22.2 Å². The Balaban J connectivity index is 2.44.